The molecule has 3 aromatic rings. The number of pyridine rings is 1. The summed E-state index contributed by atoms with van der Waals surface area (Å²) in [7, 11) is 0. The summed E-state index contributed by atoms with van der Waals surface area (Å²) in [6.07, 6.45) is 3.29. The van der Waals surface area contributed by atoms with E-state index in [0.29, 0.717) is 10.4 Å². The van der Waals surface area contributed by atoms with Gasteiger partial charge in [0, 0.05) is 24.3 Å². The molecule has 1 aromatic carbocycles. The Kier molecular flexibility index (Phi) is 3.89. The molecule has 0 saturated heterocycles. The van der Waals surface area contributed by atoms with E-state index < -0.39 is 11.5 Å². The molecule has 0 bridgehead atoms. The number of hydrogen-bond acceptors (Lipinski definition) is 4. The number of benzene rings is 1. The Morgan fingerprint density at radius 1 is 1.27 bits per heavy atom. The van der Waals surface area contributed by atoms with Gasteiger partial charge in [0.1, 0.15) is 5.56 Å². The molecule has 0 spiro atoms. The molecule has 2 heterocycles. The van der Waals surface area contributed by atoms with Gasteiger partial charge in [-0.15, -0.1) is 0 Å². The van der Waals surface area contributed by atoms with Crippen LogP contribution >= 0.6 is 11.6 Å². The van der Waals surface area contributed by atoms with E-state index in [0.717, 1.165) is 5.56 Å². The molecule has 5 nitrogen and oxygen atoms in total. The van der Waals surface area contributed by atoms with E-state index in [1.165, 1.54) is 6.07 Å². The number of hydrogen-bond donors (Lipinski definition) is 1. The first-order chi connectivity index (χ1) is 10.6. The number of aromatic nitrogens is 1. The summed E-state index contributed by atoms with van der Waals surface area (Å²) in [6.45, 7) is 0.277. The molecular formula is C16H11ClN2O3. The second kappa shape index (κ2) is 5.99. The quantitative estimate of drug-likeness (QED) is 0.755. The van der Waals surface area contributed by atoms with Crippen molar-refractivity contribution in [3.05, 3.63) is 75.4 Å². The van der Waals surface area contributed by atoms with Crippen LogP contribution in [0.15, 0.2) is 58.0 Å². The van der Waals surface area contributed by atoms with Crippen molar-refractivity contribution in [3.8, 4) is 0 Å². The molecule has 2 aromatic heterocycles. The third-order valence-electron chi connectivity index (χ3n) is 3.13. The molecule has 0 atom stereocenters. The number of nitrogens with zero attached hydrogens (tertiary/aromatic N) is 1. The molecule has 22 heavy (non-hydrogen) atoms. The van der Waals surface area contributed by atoms with E-state index in [9.17, 15) is 9.59 Å². The number of halogens is 1. The molecule has 1 N–H and O–H groups in total. The second-order valence-electron chi connectivity index (χ2n) is 4.65. The number of nitrogens with one attached hydrogen (secondary N) is 1. The molecule has 0 aliphatic rings. The standard InChI is InChI=1S/C16H11ClN2O3/c17-13-5-1-4-11-7-12(16(21)22-14(11)13)15(20)19-9-10-3-2-6-18-8-10/h1-8H,9H2,(H,19,20). The fourth-order valence-corrected chi connectivity index (χ4v) is 2.27. The molecule has 0 radical (unpaired) electrons. The van der Waals surface area contributed by atoms with Gasteiger partial charge in [0.2, 0.25) is 0 Å². The summed E-state index contributed by atoms with van der Waals surface area (Å²) in [5.41, 5.74) is 0.338. The van der Waals surface area contributed by atoms with Crippen LogP contribution in [0, 0.1) is 0 Å². The number of amides is 1. The molecule has 0 aliphatic heterocycles. The summed E-state index contributed by atoms with van der Waals surface area (Å²) < 4.78 is 5.14. The first-order valence-corrected chi connectivity index (χ1v) is 6.92. The smallest absolute Gasteiger partial charge is 0.349 e. The molecule has 0 saturated carbocycles. The maximum atomic E-state index is 12.1. The van der Waals surface area contributed by atoms with Crippen molar-refractivity contribution in [2.75, 3.05) is 0 Å². The normalized spacial score (nSPS) is 10.6. The highest BCUT2D eigenvalue weighted by atomic mass is 35.5. The average molecular weight is 315 g/mol. The third kappa shape index (κ3) is 2.84. The fourth-order valence-electron chi connectivity index (χ4n) is 2.05. The highest BCUT2D eigenvalue weighted by molar-refractivity contribution is 6.34. The van der Waals surface area contributed by atoms with Crippen LogP contribution in [-0.2, 0) is 6.54 Å². The van der Waals surface area contributed by atoms with Crippen molar-refractivity contribution >= 4 is 28.5 Å². The maximum Gasteiger partial charge on any atom is 0.349 e. The molecule has 1 amide bonds. The summed E-state index contributed by atoms with van der Waals surface area (Å²) in [4.78, 5) is 28.0. The van der Waals surface area contributed by atoms with Crippen molar-refractivity contribution < 1.29 is 9.21 Å². The van der Waals surface area contributed by atoms with Gasteiger partial charge in [-0.2, -0.15) is 0 Å². The molecule has 110 valence electrons. The van der Waals surface area contributed by atoms with Crippen molar-refractivity contribution in [1.29, 1.82) is 0 Å². The van der Waals surface area contributed by atoms with Crippen LogP contribution in [0.4, 0.5) is 0 Å². The van der Waals surface area contributed by atoms with E-state index in [1.54, 1.807) is 36.7 Å². The van der Waals surface area contributed by atoms with Gasteiger partial charge in [0.25, 0.3) is 5.91 Å². The number of carbonyl (C=O) groups is 1. The number of para-hydroxylation sites is 1. The Labute approximate surface area is 130 Å². The second-order valence-corrected chi connectivity index (χ2v) is 5.06. The van der Waals surface area contributed by atoms with E-state index in [-0.39, 0.29) is 17.7 Å². The van der Waals surface area contributed by atoms with Gasteiger partial charge < -0.3 is 9.73 Å². The summed E-state index contributed by atoms with van der Waals surface area (Å²) in [6, 6.07) is 10.1. The first kappa shape index (κ1) is 14.3. The Balaban J connectivity index is 1.88. The molecule has 3 rings (SSSR count). The third-order valence-corrected chi connectivity index (χ3v) is 3.43. The lowest BCUT2D eigenvalue weighted by Crippen LogP contribution is -2.27. The SMILES string of the molecule is O=C(NCc1cccnc1)c1cc2cccc(Cl)c2oc1=O. The van der Waals surface area contributed by atoms with Crippen LogP contribution in [0.1, 0.15) is 15.9 Å². The van der Waals surface area contributed by atoms with Gasteiger partial charge in [-0.3, -0.25) is 9.78 Å². The summed E-state index contributed by atoms with van der Waals surface area (Å²) in [5, 5.41) is 3.59. The van der Waals surface area contributed by atoms with Crippen LogP contribution in [0.5, 0.6) is 0 Å². The van der Waals surface area contributed by atoms with E-state index in [4.69, 9.17) is 16.0 Å². The Hall–Kier alpha value is -2.66. The minimum absolute atomic E-state index is 0.0568. The monoisotopic (exact) mass is 314 g/mol. The van der Waals surface area contributed by atoms with Gasteiger partial charge >= 0.3 is 5.63 Å². The van der Waals surface area contributed by atoms with Gasteiger partial charge in [0.15, 0.2) is 5.58 Å². The highest BCUT2D eigenvalue weighted by Gasteiger charge is 2.14. The number of rotatable bonds is 3. The molecular weight excluding hydrogens is 304 g/mol. The Morgan fingerprint density at radius 3 is 2.91 bits per heavy atom. The van der Waals surface area contributed by atoms with Crippen molar-refractivity contribution in [2.45, 2.75) is 6.54 Å². The zero-order valence-corrected chi connectivity index (χ0v) is 12.1. The van der Waals surface area contributed by atoms with Gasteiger partial charge in [-0.25, -0.2) is 4.79 Å². The zero-order valence-electron chi connectivity index (χ0n) is 11.4. The minimum Gasteiger partial charge on any atom is -0.421 e. The molecule has 0 unspecified atom stereocenters. The van der Waals surface area contributed by atoms with Gasteiger partial charge in [-0.05, 0) is 23.8 Å². The summed E-state index contributed by atoms with van der Waals surface area (Å²) in [5.74, 6) is -0.500. The van der Waals surface area contributed by atoms with Crippen LogP contribution < -0.4 is 10.9 Å². The number of carbonyl (C=O) groups excluding carboxylic acids is 1. The highest BCUT2D eigenvalue weighted by Crippen LogP contribution is 2.22. The van der Waals surface area contributed by atoms with Crippen LogP contribution in [-0.4, -0.2) is 10.9 Å². The van der Waals surface area contributed by atoms with Crippen LogP contribution in [0.2, 0.25) is 5.02 Å². The van der Waals surface area contributed by atoms with Crippen molar-refractivity contribution in [3.63, 3.8) is 0 Å². The topological polar surface area (TPSA) is 72.2 Å². The van der Waals surface area contributed by atoms with E-state index >= 15 is 0 Å². The summed E-state index contributed by atoms with van der Waals surface area (Å²) >= 11 is 5.96. The lowest BCUT2D eigenvalue weighted by atomic mass is 10.1. The molecule has 0 fully saturated rings. The van der Waals surface area contributed by atoms with E-state index in [2.05, 4.69) is 10.3 Å². The van der Waals surface area contributed by atoms with Gasteiger partial charge in [-0.1, -0.05) is 29.8 Å². The predicted molar refractivity (Wildman–Crippen MR) is 82.9 cm³/mol. The van der Waals surface area contributed by atoms with Crippen LogP contribution in [0.25, 0.3) is 11.0 Å². The minimum atomic E-state index is -0.718. The van der Waals surface area contributed by atoms with E-state index in [1.807, 2.05) is 6.07 Å². The van der Waals surface area contributed by atoms with Crippen molar-refractivity contribution in [1.82, 2.24) is 10.3 Å². The van der Waals surface area contributed by atoms with Gasteiger partial charge in [0.05, 0.1) is 5.02 Å². The van der Waals surface area contributed by atoms with Crippen molar-refractivity contribution in [2.24, 2.45) is 0 Å². The maximum absolute atomic E-state index is 12.1. The Morgan fingerprint density at radius 2 is 2.14 bits per heavy atom. The zero-order chi connectivity index (χ0) is 15.5. The lowest BCUT2D eigenvalue weighted by Gasteiger charge is -2.05. The molecule has 6 heteroatoms. The predicted octanol–water partition coefficient (Wildman–Crippen LogP) is 2.77. The lowest BCUT2D eigenvalue weighted by molar-refractivity contribution is 0.0947. The largest absolute Gasteiger partial charge is 0.421 e. The molecule has 0 aliphatic carbocycles. The fraction of sp³-hybridized carbons (Fsp3) is 0.0625. The Bertz CT molecular complexity index is 891. The average Bonchev–Trinajstić information content (AvgIpc) is 2.54. The first-order valence-electron chi connectivity index (χ1n) is 6.54. The van der Waals surface area contributed by atoms with Crippen LogP contribution in [0.3, 0.4) is 0 Å². The number of fused-ring (bicyclic) bond motifs is 1.